The van der Waals surface area contributed by atoms with Gasteiger partial charge in [-0.3, -0.25) is 4.79 Å². The predicted octanol–water partition coefficient (Wildman–Crippen LogP) is 6.69. The Balaban J connectivity index is 1.74. The number of para-hydroxylation sites is 1. The van der Waals surface area contributed by atoms with Crippen LogP contribution < -0.4 is 5.32 Å². The van der Waals surface area contributed by atoms with Crippen LogP contribution in [0.1, 0.15) is 9.67 Å². The minimum absolute atomic E-state index is 0.0377. The van der Waals surface area contributed by atoms with Gasteiger partial charge in [-0.05, 0) is 29.8 Å². The molecule has 0 bridgehead atoms. The molecule has 1 N–H and O–H groups in total. The highest BCUT2D eigenvalue weighted by Crippen LogP contribution is 2.39. The average Bonchev–Trinajstić information content (AvgIpc) is 3.38. The molecule has 28 heavy (non-hydrogen) atoms. The van der Waals surface area contributed by atoms with Gasteiger partial charge in [0.1, 0.15) is 10.6 Å². The molecule has 0 radical (unpaired) electrons. The molecule has 11 heteroatoms. The molecule has 4 rings (SSSR count). The molecule has 0 unspecified atom stereocenters. The third-order valence-corrected chi connectivity index (χ3v) is 7.21. The molecule has 0 aliphatic heterocycles. The number of thiazole rings is 2. The van der Waals surface area contributed by atoms with E-state index in [2.05, 4.69) is 15.3 Å². The number of hydrogen-bond donors (Lipinski definition) is 1. The third-order valence-electron chi connectivity index (χ3n) is 3.66. The molecule has 0 spiro atoms. The Bertz CT molecular complexity index is 1150. The summed E-state index contributed by atoms with van der Waals surface area (Å²) in [4.78, 5) is 21.7. The summed E-state index contributed by atoms with van der Waals surface area (Å²) in [5, 5.41) is 5.39. The lowest BCUT2D eigenvalue weighted by Gasteiger charge is -2.03. The summed E-state index contributed by atoms with van der Waals surface area (Å²) in [5.41, 5.74) is 0.861. The second kappa shape index (κ2) is 7.47. The Labute approximate surface area is 173 Å². The van der Waals surface area contributed by atoms with Crippen molar-refractivity contribution in [3.8, 4) is 10.6 Å². The molecular formula is C17H10F3N3OS4. The maximum atomic E-state index is 13.0. The number of benzene rings is 1. The number of thioether (sulfide) groups is 1. The van der Waals surface area contributed by atoms with E-state index in [1.807, 2.05) is 24.5 Å². The van der Waals surface area contributed by atoms with Gasteiger partial charge in [-0.15, -0.1) is 23.1 Å². The highest BCUT2D eigenvalue weighted by atomic mass is 32.2. The second-order valence-electron chi connectivity index (χ2n) is 5.45. The van der Waals surface area contributed by atoms with Crippen LogP contribution in [0, 0.1) is 0 Å². The van der Waals surface area contributed by atoms with Gasteiger partial charge in [0.15, 0.2) is 10.3 Å². The summed E-state index contributed by atoms with van der Waals surface area (Å²) in [6.07, 6.45) is -3.01. The van der Waals surface area contributed by atoms with Crippen LogP contribution in [0.2, 0.25) is 0 Å². The molecule has 144 valence electrons. The van der Waals surface area contributed by atoms with E-state index in [9.17, 15) is 18.0 Å². The summed E-state index contributed by atoms with van der Waals surface area (Å²) < 4.78 is 40.0. The molecular weight excluding hydrogens is 447 g/mol. The maximum Gasteiger partial charge on any atom is 0.455 e. The number of fused-ring (bicyclic) bond motifs is 1. The van der Waals surface area contributed by atoms with Crippen molar-refractivity contribution in [3.63, 3.8) is 0 Å². The van der Waals surface area contributed by atoms with E-state index >= 15 is 0 Å². The Kier molecular flexibility index (Phi) is 5.17. The van der Waals surface area contributed by atoms with Gasteiger partial charge in [0.25, 0.3) is 5.78 Å². The Morgan fingerprint density at radius 1 is 1.11 bits per heavy atom. The fourth-order valence-corrected chi connectivity index (χ4v) is 5.78. The van der Waals surface area contributed by atoms with E-state index < -0.39 is 16.8 Å². The van der Waals surface area contributed by atoms with Gasteiger partial charge in [-0.1, -0.05) is 34.8 Å². The Morgan fingerprint density at radius 3 is 2.57 bits per heavy atom. The first-order chi connectivity index (χ1) is 13.4. The zero-order valence-electron chi connectivity index (χ0n) is 14.0. The largest absolute Gasteiger partial charge is 0.455 e. The van der Waals surface area contributed by atoms with Crippen LogP contribution in [0.3, 0.4) is 0 Å². The lowest BCUT2D eigenvalue weighted by atomic mass is 10.2. The van der Waals surface area contributed by atoms with Crippen molar-refractivity contribution in [2.24, 2.45) is 0 Å². The highest BCUT2D eigenvalue weighted by Gasteiger charge is 2.42. The standard InChI is InChI=1S/C17H10F3N3OS4/c1-25-8-4-2-5-10-11(8)21-15(27-10)23-16-22-12(9-6-3-7-26-9)13(28-16)14(24)17(18,19)20/h2-7H,1H3,(H,21,22,23). The number of Topliss-reactive ketones (excluding diaryl/α,β-unsaturated/α-hetero) is 1. The number of carbonyl (C=O) groups excluding carboxylic acids is 1. The van der Waals surface area contributed by atoms with Crippen molar-refractivity contribution in [2.45, 2.75) is 11.1 Å². The molecule has 0 saturated carbocycles. The fraction of sp³-hybridized carbons (Fsp3) is 0.118. The van der Waals surface area contributed by atoms with Crippen LogP contribution in [0.5, 0.6) is 0 Å². The fourth-order valence-electron chi connectivity index (χ4n) is 2.47. The predicted molar refractivity (Wildman–Crippen MR) is 110 cm³/mol. The number of aromatic nitrogens is 2. The number of alkyl halides is 3. The lowest BCUT2D eigenvalue weighted by molar-refractivity contribution is -0.0882. The molecule has 0 aliphatic rings. The van der Waals surface area contributed by atoms with Crippen molar-refractivity contribution < 1.29 is 18.0 Å². The minimum atomic E-state index is -4.96. The Morgan fingerprint density at radius 2 is 1.89 bits per heavy atom. The first kappa shape index (κ1) is 19.4. The van der Waals surface area contributed by atoms with E-state index in [-0.39, 0.29) is 10.8 Å². The summed E-state index contributed by atoms with van der Waals surface area (Å²) in [7, 11) is 0. The normalized spacial score (nSPS) is 11.9. The van der Waals surface area contributed by atoms with Gasteiger partial charge in [0, 0.05) is 4.90 Å². The van der Waals surface area contributed by atoms with Crippen molar-refractivity contribution >= 4 is 72.0 Å². The zero-order chi connectivity index (χ0) is 19.9. The first-order valence-corrected chi connectivity index (χ1v) is 11.5. The number of hydrogen-bond acceptors (Lipinski definition) is 8. The number of nitrogens with one attached hydrogen (secondary N) is 1. The molecule has 4 nitrogen and oxygen atoms in total. The average molecular weight is 458 g/mol. The molecule has 0 atom stereocenters. The van der Waals surface area contributed by atoms with Crippen LogP contribution >= 0.6 is 45.8 Å². The van der Waals surface area contributed by atoms with E-state index in [0.29, 0.717) is 21.3 Å². The molecule has 3 aromatic heterocycles. The van der Waals surface area contributed by atoms with Crippen LogP contribution in [-0.2, 0) is 0 Å². The van der Waals surface area contributed by atoms with Crippen molar-refractivity contribution in [3.05, 3.63) is 40.6 Å². The second-order valence-corrected chi connectivity index (χ2v) is 9.28. The third kappa shape index (κ3) is 3.66. The van der Waals surface area contributed by atoms with Gasteiger partial charge >= 0.3 is 6.18 Å². The van der Waals surface area contributed by atoms with Crippen LogP contribution in [0.15, 0.2) is 40.6 Å². The first-order valence-electron chi connectivity index (χ1n) is 7.73. The van der Waals surface area contributed by atoms with Gasteiger partial charge in [-0.25, -0.2) is 9.97 Å². The molecule has 4 aromatic rings. The molecule has 0 aliphatic carbocycles. The SMILES string of the molecule is CSc1cccc2sc(Nc3nc(-c4cccs4)c(C(=O)C(F)(F)F)s3)nc12. The Hall–Kier alpha value is -1.95. The molecule has 1 aromatic carbocycles. The van der Waals surface area contributed by atoms with E-state index in [0.717, 1.165) is 15.1 Å². The summed E-state index contributed by atoms with van der Waals surface area (Å²) >= 11 is 4.85. The zero-order valence-corrected chi connectivity index (χ0v) is 17.3. The molecule has 0 fully saturated rings. The van der Waals surface area contributed by atoms with E-state index in [4.69, 9.17) is 0 Å². The summed E-state index contributed by atoms with van der Waals surface area (Å²) in [5.74, 6) is -1.89. The number of anilines is 2. The van der Waals surface area contributed by atoms with Crippen LogP contribution in [0.25, 0.3) is 20.8 Å². The van der Waals surface area contributed by atoms with Crippen molar-refractivity contribution in [1.29, 1.82) is 0 Å². The van der Waals surface area contributed by atoms with Gasteiger partial charge < -0.3 is 5.32 Å². The number of halogens is 3. The number of nitrogens with zero attached hydrogens (tertiary/aromatic N) is 2. The topological polar surface area (TPSA) is 54.9 Å². The van der Waals surface area contributed by atoms with Crippen molar-refractivity contribution in [2.75, 3.05) is 11.6 Å². The molecule has 0 amide bonds. The van der Waals surface area contributed by atoms with E-state index in [1.165, 1.54) is 22.7 Å². The van der Waals surface area contributed by atoms with E-state index in [1.54, 1.807) is 29.3 Å². The number of ketones is 1. The van der Waals surface area contributed by atoms with Gasteiger partial charge in [0.05, 0.1) is 15.1 Å². The quantitative estimate of drug-likeness (QED) is 0.267. The highest BCUT2D eigenvalue weighted by molar-refractivity contribution is 7.98. The van der Waals surface area contributed by atoms with Crippen LogP contribution in [0.4, 0.5) is 23.4 Å². The smallest absolute Gasteiger partial charge is 0.307 e. The van der Waals surface area contributed by atoms with Gasteiger partial charge in [0.2, 0.25) is 0 Å². The summed E-state index contributed by atoms with van der Waals surface area (Å²) in [6.45, 7) is 0. The number of carbonyl (C=O) groups is 1. The van der Waals surface area contributed by atoms with Gasteiger partial charge in [-0.2, -0.15) is 13.2 Å². The lowest BCUT2D eigenvalue weighted by Crippen LogP contribution is -2.22. The maximum absolute atomic E-state index is 13.0. The van der Waals surface area contributed by atoms with Crippen LogP contribution in [-0.4, -0.2) is 28.2 Å². The monoisotopic (exact) mass is 457 g/mol. The number of rotatable bonds is 5. The minimum Gasteiger partial charge on any atom is -0.307 e. The molecule has 0 saturated heterocycles. The number of thiophene rings is 1. The molecule has 3 heterocycles. The summed E-state index contributed by atoms with van der Waals surface area (Å²) in [6, 6.07) is 9.14. The van der Waals surface area contributed by atoms with Crippen molar-refractivity contribution in [1.82, 2.24) is 9.97 Å².